The van der Waals surface area contributed by atoms with Crippen LogP contribution in [0.2, 0.25) is 0 Å². The molecule has 0 saturated heterocycles. The molecule has 1 fully saturated rings. The fraction of sp³-hybridized carbons (Fsp3) is 0.571. The second-order valence-corrected chi connectivity index (χ2v) is 7.78. The first-order valence-electron chi connectivity index (χ1n) is 6.74. The van der Waals surface area contributed by atoms with Gasteiger partial charge in [0.25, 0.3) is 10.2 Å². The molecule has 0 aromatic heterocycles. The molecule has 0 spiro atoms. The molecule has 5 heteroatoms. The van der Waals surface area contributed by atoms with E-state index in [9.17, 15) is 8.42 Å². The van der Waals surface area contributed by atoms with Crippen LogP contribution in [0, 0.1) is 11.8 Å². The van der Waals surface area contributed by atoms with Crippen molar-refractivity contribution in [3.05, 3.63) is 35.4 Å². The molecule has 3 aliphatic carbocycles. The Morgan fingerprint density at radius 1 is 1.11 bits per heavy atom. The molecule has 1 N–H and O–H groups in total. The maximum atomic E-state index is 12.0. The molecule has 19 heavy (non-hydrogen) atoms. The monoisotopic (exact) mass is 280 g/mol. The molecular formula is C14H20N2O2S. The van der Waals surface area contributed by atoms with Crippen molar-refractivity contribution in [2.24, 2.45) is 11.8 Å². The topological polar surface area (TPSA) is 49.4 Å². The average Bonchev–Trinajstić information content (AvgIpc) is 2.63. The minimum absolute atomic E-state index is 0.0970. The number of benzene rings is 1. The van der Waals surface area contributed by atoms with Gasteiger partial charge in [-0.1, -0.05) is 24.3 Å². The summed E-state index contributed by atoms with van der Waals surface area (Å²) < 4.78 is 28.1. The smallest absolute Gasteiger partial charge is 0.198 e. The van der Waals surface area contributed by atoms with E-state index in [4.69, 9.17) is 0 Å². The normalized spacial score (nSPS) is 29.5. The molecule has 2 bridgehead atoms. The van der Waals surface area contributed by atoms with Gasteiger partial charge in [0.15, 0.2) is 0 Å². The lowest BCUT2D eigenvalue weighted by Crippen LogP contribution is -2.56. The molecule has 4 rings (SSSR count). The predicted molar refractivity (Wildman–Crippen MR) is 75.0 cm³/mol. The third-order valence-corrected chi connectivity index (χ3v) is 6.00. The van der Waals surface area contributed by atoms with Crippen molar-refractivity contribution >= 4 is 10.2 Å². The maximum Gasteiger partial charge on any atom is 0.279 e. The molecule has 1 aromatic rings. The van der Waals surface area contributed by atoms with Crippen LogP contribution in [0.15, 0.2) is 24.3 Å². The largest absolute Gasteiger partial charge is 0.279 e. The lowest BCUT2D eigenvalue weighted by molar-refractivity contribution is 0.137. The Bertz CT molecular complexity index is 552. The van der Waals surface area contributed by atoms with Crippen molar-refractivity contribution in [2.75, 3.05) is 14.1 Å². The number of nitrogens with zero attached hydrogens (tertiary/aromatic N) is 1. The molecule has 2 unspecified atom stereocenters. The summed E-state index contributed by atoms with van der Waals surface area (Å²) in [5.41, 5.74) is 2.78. The zero-order valence-corrected chi connectivity index (χ0v) is 12.2. The summed E-state index contributed by atoms with van der Waals surface area (Å²) in [6.07, 6.45) is 3.12. The van der Waals surface area contributed by atoms with Crippen molar-refractivity contribution in [1.82, 2.24) is 9.03 Å². The summed E-state index contributed by atoms with van der Waals surface area (Å²) in [5.74, 6) is 0.895. The first-order chi connectivity index (χ1) is 8.97. The quantitative estimate of drug-likeness (QED) is 0.904. The zero-order valence-electron chi connectivity index (χ0n) is 11.3. The van der Waals surface area contributed by atoms with Crippen LogP contribution < -0.4 is 4.72 Å². The zero-order chi connectivity index (χ0) is 13.6. The van der Waals surface area contributed by atoms with E-state index in [0.717, 1.165) is 19.3 Å². The molecule has 4 nitrogen and oxygen atoms in total. The minimum atomic E-state index is -3.32. The summed E-state index contributed by atoms with van der Waals surface area (Å²) in [5, 5.41) is 0. The number of nitrogens with one attached hydrogen (secondary N) is 1. The number of rotatable bonds is 3. The van der Waals surface area contributed by atoms with E-state index in [1.807, 2.05) is 0 Å². The molecule has 3 aliphatic rings. The van der Waals surface area contributed by atoms with Crippen molar-refractivity contribution in [3.63, 3.8) is 0 Å². The van der Waals surface area contributed by atoms with Crippen LogP contribution in [0.5, 0.6) is 0 Å². The summed E-state index contributed by atoms with van der Waals surface area (Å²) in [6, 6.07) is 8.59. The highest BCUT2D eigenvalue weighted by atomic mass is 32.2. The lowest BCUT2D eigenvalue weighted by atomic mass is 9.69. The van der Waals surface area contributed by atoms with Gasteiger partial charge in [-0.15, -0.1) is 0 Å². The van der Waals surface area contributed by atoms with Gasteiger partial charge in [0.1, 0.15) is 0 Å². The van der Waals surface area contributed by atoms with Crippen LogP contribution in [0.3, 0.4) is 0 Å². The van der Waals surface area contributed by atoms with Crippen molar-refractivity contribution < 1.29 is 8.42 Å². The highest BCUT2D eigenvalue weighted by molar-refractivity contribution is 7.87. The maximum absolute atomic E-state index is 12.0. The van der Waals surface area contributed by atoms with Crippen LogP contribution in [0.1, 0.15) is 17.5 Å². The van der Waals surface area contributed by atoms with E-state index in [2.05, 4.69) is 29.0 Å². The summed E-state index contributed by atoms with van der Waals surface area (Å²) in [4.78, 5) is 0. The van der Waals surface area contributed by atoms with Crippen LogP contribution in [0.4, 0.5) is 0 Å². The Morgan fingerprint density at radius 3 is 2.11 bits per heavy atom. The van der Waals surface area contributed by atoms with Gasteiger partial charge in [0.05, 0.1) is 0 Å². The lowest BCUT2D eigenvalue weighted by Gasteiger charge is -2.43. The second-order valence-electron chi connectivity index (χ2n) is 5.86. The molecule has 1 aromatic carbocycles. The molecule has 2 atom stereocenters. The Hall–Kier alpha value is -0.910. The van der Waals surface area contributed by atoms with Crippen LogP contribution >= 0.6 is 0 Å². The minimum Gasteiger partial charge on any atom is -0.198 e. The Kier molecular flexibility index (Phi) is 3.15. The molecule has 0 aliphatic heterocycles. The van der Waals surface area contributed by atoms with Crippen molar-refractivity contribution in [2.45, 2.75) is 25.3 Å². The van der Waals surface area contributed by atoms with E-state index >= 15 is 0 Å². The molecule has 0 radical (unpaired) electrons. The van der Waals surface area contributed by atoms with Gasteiger partial charge in [-0.3, -0.25) is 0 Å². The van der Waals surface area contributed by atoms with Crippen LogP contribution in [-0.2, 0) is 23.1 Å². The number of hydrogen-bond donors (Lipinski definition) is 1. The van der Waals surface area contributed by atoms with Crippen LogP contribution in [0.25, 0.3) is 0 Å². The first-order valence-corrected chi connectivity index (χ1v) is 8.18. The second kappa shape index (κ2) is 4.58. The van der Waals surface area contributed by atoms with Gasteiger partial charge in [0, 0.05) is 20.1 Å². The molecule has 104 valence electrons. The van der Waals surface area contributed by atoms with E-state index in [-0.39, 0.29) is 6.04 Å². The van der Waals surface area contributed by atoms with E-state index < -0.39 is 10.2 Å². The molecule has 1 saturated carbocycles. The van der Waals surface area contributed by atoms with Gasteiger partial charge < -0.3 is 0 Å². The highest BCUT2D eigenvalue weighted by Crippen LogP contribution is 2.43. The van der Waals surface area contributed by atoms with Gasteiger partial charge in [0.2, 0.25) is 0 Å². The van der Waals surface area contributed by atoms with E-state index in [1.54, 1.807) is 14.1 Å². The third kappa shape index (κ3) is 2.30. The Balaban J connectivity index is 1.80. The standard InChI is InChI=1S/C14H20N2O2S/c1-16(2)19(17,18)15-14-12-7-10-5-3-4-6-11(10)8-13(14)9-12/h3-6,12-15H,7-9H2,1-2H3. The summed E-state index contributed by atoms with van der Waals surface area (Å²) in [6.45, 7) is 0. The van der Waals surface area contributed by atoms with Crippen LogP contribution in [-0.4, -0.2) is 32.9 Å². The third-order valence-electron chi connectivity index (χ3n) is 4.47. The van der Waals surface area contributed by atoms with Gasteiger partial charge in [-0.25, -0.2) is 0 Å². The first kappa shape index (κ1) is 13.1. The summed E-state index contributed by atoms with van der Waals surface area (Å²) in [7, 11) is -0.183. The van der Waals surface area contributed by atoms with E-state index in [1.165, 1.54) is 15.4 Å². The van der Waals surface area contributed by atoms with Gasteiger partial charge in [-0.05, 0) is 42.2 Å². The molecule has 0 heterocycles. The Morgan fingerprint density at radius 2 is 1.63 bits per heavy atom. The van der Waals surface area contributed by atoms with Gasteiger partial charge >= 0.3 is 0 Å². The predicted octanol–water partition coefficient (Wildman–Crippen LogP) is 1.19. The molecule has 0 amide bonds. The molecular weight excluding hydrogens is 260 g/mol. The van der Waals surface area contributed by atoms with Crippen molar-refractivity contribution in [3.8, 4) is 0 Å². The number of hydrogen-bond acceptors (Lipinski definition) is 2. The Labute approximate surface area is 115 Å². The fourth-order valence-electron chi connectivity index (χ4n) is 3.28. The average molecular weight is 280 g/mol. The van der Waals surface area contributed by atoms with Gasteiger partial charge in [-0.2, -0.15) is 17.4 Å². The highest BCUT2D eigenvalue weighted by Gasteiger charge is 2.45. The SMILES string of the molecule is CN(C)S(=O)(=O)NC1C2Cc3ccccc3CC1C2. The van der Waals surface area contributed by atoms with E-state index in [0.29, 0.717) is 11.8 Å². The van der Waals surface area contributed by atoms with Crippen molar-refractivity contribution in [1.29, 1.82) is 0 Å². The fourth-order valence-corrected chi connectivity index (χ4v) is 4.22. The summed E-state index contributed by atoms with van der Waals surface area (Å²) >= 11 is 0.